The third-order valence-electron chi connectivity index (χ3n) is 4.96. The quantitative estimate of drug-likeness (QED) is 0.770. The number of ether oxygens (including phenoxy) is 2. The van der Waals surface area contributed by atoms with Crippen molar-refractivity contribution in [2.75, 3.05) is 20.3 Å². The largest absolute Gasteiger partial charge is 0.385 e. The van der Waals surface area contributed by atoms with E-state index in [4.69, 9.17) is 15.2 Å². The van der Waals surface area contributed by atoms with Crippen molar-refractivity contribution >= 4 is 5.91 Å². The lowest BCUT2D eigenvalue weighted by atomic mass is 9.48. The van der Waals surface area contributed by atoms with E-state index in [9.17, 15) is 4.79 Å². The molecular weight excluding hydrogens is 244 g/mol. The standard InChI is InChI=1S/C14H26N2O3/c1-9(5-7-18-4)16-12(17)14(15)10-6-8-19-11(10)13(14,2)3/h9-11H,5-8,15H2,1-4H3,(H,16,17). The summed E-state index contributed by atoms with van der Waals surface area (Å²) in [4.78, 5) is 12.5. The molecule has 19 heavy (non-hydrogen) atoms. The van der Waals surface area contributed by atoms with Gasteiger partial charge in [0.2, 0.25) is 5.91 Å². The van der Waals surface area contributed by atoms with Crippen LogP contribution in [0.4, 0.5) is 0 Å². The Morgan fingerprint density at radius 1 is 1.58 bits per heavy atom. The van der Waals surface area contributed by atoms with Gasteiger partial charge in [-0.3, -0.25) is 4.79 Å². The Morgan fingerprint density at radius 2 is 2.26 bits per heavy atom. The van der Waals surface area contributed by atoms with E-state index >= 15 is 0 Å². The van der Waals surface area contributed by atoms with Gasteiger partial charge in [-0.1, -0.05) is 13.8 Å². The molecule has 1 aliphatic carbocycles. The Labute approximate surface area is 115 Å². The van der Waals surface area contributed by atoms with Crippen LogP contribution in [-0.2, 0) is 14.3 Å². The highest BCUT2D eigenvalue weighted by molar-refractivity contribution is 5.89. The Morgan fingerprint density at radius 3 is 2.89 bits per heavy atom. The zero-order chi connectivity index (χ0) is 14.3. The van der Waals surface area contributed by atoms with Crippen LogP contribution in [0.3, 0.4) is 0 Å². The molecule has 0 aromatic heterocycles. The van der Waals surface area contributed by atoms with Crippen LogP contribution < -0.4 is 11.1 Å². The molecule has 1 saturated carbocycles. The Hall–Kier alpha value is -0.650. The summed E-state index contributed by atoms with van der Waals surface area (Å²) in [5.41, 5.74) is 5.35. The molecule has 1 saturated heterocycles. The molecule has 1 aliphatic heterocycles. The highest BCUT2D eigenvalue weighted by Crippen LogP contribution is 2.58. The van der Waals surface area contributed by atoms with Gasteiger partial charge in [0, 0.05) is 37.7 Å². The summed E-state index contributed by atoms with van der Waals surface area (Å²) in [6.45, 7) is 7.38. The molecular formula is C14H26N2O3. The van der Waals surface area contributed by atoms with Gasteiger partial charge in [0.25, 0.3) is 0 Å². The number of amides is 1. The number of nitrogens with two attached hydrogens (primary N) is 1. The molecule has 0 aromatic carbocycles. The zero-order valence-electron chi connectivity index (χ0n) is 12.4. The third-order valence-corrected chi connectivity index (χ3v) is 4.96. The van der Waals surface area contributed by atoms with Gasteiger partial charge >= 0.3 is 0 Å². The summed E-state index contributed by atoms with van der Waals surface area (Å²) in [6.07, 6.45) is 1.80. The Balaban J connectivity index is 2.01. The topological polar surface area (TPSA) is 73.6 Å². The van der Waals surface area contributed by atoms with E-state index < -0.39 is 5.54 Å². The van der Waals surface area contributed by atoms with Crippen LogP contribution in [0.2, 0.25) is 0 Å². The SMILES string of the molecule is COCCC(C)NC(=O)C1(N)C2CCOC2C1(C)C. The number of carbonyl (C=O) groups excluding carboxylic acids is 1. The number of hydrogen-bond acceptors (Lipinski definition) is 4. The highest BCUT2D eigenvalue weighted by Gasteiger charge is 2.71. The van der Waals surface area contributed by atoms with Gasteiger partial charge in [0.05, 0.1) is 6.10 Å². The van der Waals surface area contributed by atoms with E-state index in [0.29, 0.717) is 13.2 Å². The summed E-state index contributed by atoms with van der Waals surface area (Å²) in [7, 11) is 1.66. The van der Waals surface area contributed by atoms with Crippen molar-refractivity contribution in [2.45, 2.75) is 51.3 Å². The summed E-state index contributed by atoms with van der Waals surface area (Å²) in [5, 5.41) is 3.03. The number of nitrogens with one attached hydrogen (secondary N) is 1. The van der Waals surface area contributed by atoms with Crippen molar-refractivity contribution in [3.63, 3.8) is 0 Å². The minimum atomic E-state index is -0.810. The summed E-state index contributed by atoms with van der Waals surface area (Å²) < 4.78 is 10.7. The van der Waals surface area contributed by atoms with Crippen molar-refractivity contribution in [3.05, 3.63) is 0 Å². The fraction of sp³-hybridized carbons (Fsp3) is 0.929. The summed E-state index contributed by atoms with van der Waals surface area (Å²) in [5.74, 6) is 0.102. The van der Waals surface area contributed by atoms with Gasteiger partial charge in [-0.25, -0.2) is 0 Å². The fourth-order valence-electron chi connectivity index (χ4n) is 3.56. The van der Waals surface area contributed by atoms with Crippen molar-refractivity contribution < 1.29 is 14.3 Å². The molecule has 2 rings (SSSR count). The molecule has 2 fully saturated rings. The second-order valence-electron chi connectivity index (χ2n) is 6.43. The average Bonchev–Trinajstić information content (AvgIpc) is 2.83. The number of fused-ring (bicyclic) bond motifs is 1. The average molecular weight is 270 g/mol. The van der Waals surface area contributed by atoms with Crippen molar-refractivity contribution in [3.8, 4) is 0 Å². The highest BCUT2D eigenvalue weighted by atomic mass is 16.5. The van der Waals surface area contributed by atoms with Crippen LogP contribution >= 0.6 is 0 Å². The molecule has 3 N–H and O–H groups in total. The van der Waals surface area contributed by atoms with Crippen LogP contribution in [0.1, 0.15) is 33.6 Å². The van der Waals surface area contributed by atoms with E-state index in [1.54, 1.807) is 7.11 Å². The van der Waals surface area contributed by atoms with Crippen molar-refractivity contribution in [1.82, 2.24) is 5.32 Å². The van der Waals surface area contributed by atoms with E-state index in [0.717, 1.165) is 12.8 Å². The smallest absolute Gasteiger partial charge is 0.241 e. The summed E-state index contributed by atoms with van der Waals surface area (Å²) >= 11 is 0. The minimum Gasteiger partial charge on any atom is -0.385 e. The second-order valence-corrected chi connectivity index (χ2v) is 6.43. The maximum Gasteiger partial charge on any atom is 0.241 e. The number of methoxy groups -OCH3 is 1. The number of carbonyl (C=O) groups is 1. The normalized spacial score (nSPS) is 37.3. The molecule has 110 valence electrons. The van der Waals surface area contributed by atoms with E-state index in [1.807, 2.05) is 20.8 Å². The van der Waals surface area contributed by atoms with Gasteiger partial charge in [-0.05, 0) is 19.8 Å². The van der Waals surface area contributed by atoms with Gasteiger partial charge in [-0.2, -0.15) is 0 Å². The van der Waals surface area contributed by atoms with Gasteiger partial charge in [0.1, 0.15) is 5.54 Å². The molecule has 1 heterocycles. The first kappa shape index (κ1) is 14.8. The third kappa shape index (κ3) is 2.08. The number of hydrogen-bond donors (Lipinski definition) is 2. The first-order valence-corrected chi connectivity index (χ1v) is 7.06. The Bertz CT molecular complexity index is 359. The van der Waals surface area contributed by atoms with Crippen LogP contribution in [0.15, 0.2) is 0 Å². The van der Waals surface area contributed by atoms with Gasteiger partial charge in [-0.15, -0.1) is 0 Å². The first-order chi connectivity index (χ1) is 8.85. The van der Waals surface area contributed by atoms with Crippen LogP contribution in [0.5, 0.6) is 0 Å². The van der Waals surface area contributed by atoms with Crippen LogP contribution in [0, 0.1) is 11.3 Å². The van der Waals surface area contributed by atoms with E-state index in [-0.39, 0.29) is 29.4 Å². The molecule has 2 aliphatic rings. The van der Waals surface area contributed by atoms with Crippen LogP contribution in [0.25, 0.3) is 0 Å². The molecule has 0 spiro atoms. The minimum absolute atomic E-state index is 0.0483. The van der Waals surface area contributed by atoms with Crippen molar-refractivity contribution in [2.24, 2.45) is 17.1 Å². The lowest BCUT2D eigenvalue weighted by Gasteiger charge is -2.60. The predicted molar refractivity (Wildman–Crippen MR) is 72.6 cm³/mol. The lowest BCUT2D eigenvalue weighted by molar-refractivity contribution is -0.175. The maximum atomic E-state index is 12.5. The fourth-order valence-corrected chi connectivity index (χ4v) is 3.56. The monoisotopic (exact) mass is 270 g/mol. The van der Waals surface area contributed by atoms with Gasteiger partial charge < -0.3 is 20.5 Å². The van der Waals surface area contributed by atoms with E-state index in [2.05, 4.69) is 5.32 Å². The second kappa shape index (κ2) is 5.04. The van der Waals surface area contributed by atoms with Crippen LogP contribution in [-0.4, -0.2) is 43.9 Å². The van der Waals surface area contributed by atoms with Gasteiger partial charge in [0.15, 0.2) is 0 Å². The molecule has 0 aromatic rings. The molecule has 0 bridgehead atoms. The first-order valence-electron chi connectivity index (χ1n) is 7.06. The zero-order valence-corrected chi connectivity index (χ0v) is 12.4. The van der Waals surface area contributed by atoms with E-state index in [1.165, 1.54) is 0 Å². The molecule has 5 heteroatoms. The molecule has 4 unspecified atom stereocenters. The summed E-state index contributed by atoms with van der Waals surface area (Å²) in [6, 6.07) is 0.0741. The molecule has 1 amide bonds. The predicted octanol–water partition coefficient (Wildman–Crippen LogP) is 0.670. The molecule has 0 radical (unpaired) electrons. The Kier molecular flexibility index (Phi) is 3.91. The molecule has 4 atom stereocenters. The maximum absolute atomic E-state index is 12.5. The number of rotatable bonds is 5. The lowest BCUT2D eigenvalue weighted by Crippen LogP contribution is -2.80. The molecule has 5 nitrogen and oxygen atoms in total. The van der Waals surface area contributed by atoms with Crippen molar-refractivity contribution in [1.29, 1.82) is 0 Å².